The van der Waals surface area contributed by atoms with Crippen molar-refractivity contribution in [1.29, 1.82) is 0 Å². The molecule has 1 heterocycles. The van der Waals surface area contributed by atoms with E-state index in [9.17, 15) is 18.8 Å². The van der Waals surface area contributed by atoms with Crippen molar-refractivity contribution in [2.75, 3.05) is 54.5 Å². The van der Waals surface area contributed by atoms with E-state index in [4.69, 9.17) is 22.1 Å². The summed E-state index contributed by atoms with van der Waals surface area (Å²) in [7, 11) is 2.07. The Morgan fingerprint density at radius 3 is 2.22 bits per heavy atom. The van der Waals surface area contributed by atoms with Gasteiger partial charge in [0, 0.05) is 37.4 Å². The molecule has 45 heavy (non-hydrogen) atoms. The van der Waals surface area contributed by atoms with Crippen molar-refractivity contribution >= 4 is 52.3 Å². The molecular weight excluding hydrogens is 599 g/mol. The van der Waals surface area contributed by atoms with Crippen molar-refractivity contribution < 1.29 is 23.5 Å². The van der Waals surface area contributed by atoms with Gasteiger partial charge in [0.1, 0.15) is 11.6 Å². The molecule has 240 valence electrons. The maximum absolute atomic E-state index is 14.3. The summed E-state index contributed by atoms with van der Waals surface area (Å²) in [5.41, 5.74) is 8.78. The van der Waals surface area contributed by atoms with Gasteiger partial charge in [-0.05, 0) is 83.1 Å². The molecule has 12 heteroatoms. The van der Waals surface area contributed by atoms with Crippen LogP contribution in [0.25, 0.3) is 11.1 Å². The van der Waals surface area contributed by atoms with Crippen LogP contribution in [0.5, 0.6) is 0 Å². The van der Waals surface area contributed by atoms with Gasteiger partial charge in [-0.25, -0.2) is 9.18 Å². The van der Waals surface area contributed by atoms with E-state index in [-0.39, 0.29) is 21.8 Å². The van der Waals surface area contributed by atoms with Crippen LogP contribution < -0.4 is 26.6 Å². The summed E-state index contributed by atoms with van der Waals surface area (Å²) in [4.78, 5) is 42.6. The molecule has 1 atom stereocenters. The molecule has 0 radical (unpaired) electrons. The van der Waals surface area contributed by atoms with E-state index in [0.717, 1.165) is 43.0 Å². The number of ether oxygens (including phenoxy) is 1. The van der Waals surface area contributed by atoms with Crippen LogP contribution in [0.1, 0.15) is 43.6 Å². The third kappa shape index (κ3) is 8.43. The summed E-state index contributed by atoms with van der Waals surface area (Å²) < 4.78 is 19.5. The first kappa shape index (κ1) is 33.5. The van der Waals surface area contributed by atoms with Gasteiger partial charge in [-0.15, -0.1) is 0 Å². The molecule has 3 amide bonds. The number of nitrogens with two attached hydrogens (primary N) is 1. The second kappa shape index (κ2) is 13.7. The molecule has 1 saturated heterocycles. The Kier molecular flexibility index (Phi) is 10.2. The summed E-state index contributed by atoms with van der Waals surface area (Å²) in [6.45, 7) is 11.6. The number of nitrogen functional groups attached to an aromatic ring is 1. The lowest BCUT2D eigenvalue weighted by atomic mass is 10.0. The number of alkyl carbamates (subject to hydrolysis) is 1. The molecule has 0 spiro atoms. The molecule has 3 aromatic rings. The predicted octanol–water partition coefficient (Wildman–Crippen LogP) is 5.89. The number of likely N-dealkylation sites (N-methyl/N-ethyl adjacent to an activating group) is 1. The highest BCUT2D eigenvalue weighted by Gasteiger charge is 2.23. The molecule has 1 aliphatic heterocycles. The van der Waals surface area contributed by atoms with E-state index in [2.05, 4.69) is 32.8 Å². The zero-order valence-corrected chi connectivity index (χ0v) is 27.1. The fourth-order valence-corrected chi connectivity index (χ4v) is 5.06. The van der Waals surface area contributed by atoms with Gasteiger partial charge in [0.2, 0.25) is 5.91 Å². The number of carbonyl (C=O) groups excluding carboxylic acids is 3. The van der Waals surface area contributed by atoms with Crippen LogP contribution in [0.3, 0.4) is 0 Å². The first-order chi connectivity index (χ1) is 21.1. The largest absolute Gasteiger partial charge is 0.444 e. The molecule has 1 aliphatic rings. The molecule has 1 unspecified atom stereocenters. The molecule has 5 N–H and O–H groups in total. The molecular formula is C33H40ClFN6O4. The van der Waals surface area contributed by atoms with Gasteiger partial charge >= 0.3 is 6.09 Å². The maximum atomic E-state index is 14.3. The second-order valence-corrected chi connectivity index (χ2v) is 12.6. The normalized spacial score (nSPS) is 14.4. The monoisotopic (exact) mass is 638 g/mol. The molecule has 4 rings (SSSR count). The van der Waals surface area contributed by atoms with Gasteiger partial charge in [0.15, 0.2) is 5.82 Å². The van der Waals surface area contributed by atoms with Crippen LogP contribution in [0, 0.1) is 12.7 Å². The van der Waals surface area contributed by atoms with Crippen molar-refractivity contribution in [2.45, 2.75) is 46.3 Å². The zero-order chi connectivity index (χ0) is 33.1. The SMILES string of the molecule is Cc1c(F)c(N)cc(C(=O)Nc2cc(-c3ccc(NC(=O)C(C)NC(=O)OC(C)(C)C)cc3)ccc2N2CCN(C)CC2)c1Cl. The number of nitrogens with zero attached hydrogens (tertiary/aromatic N) is 2. The molecule has 0 saturated carbocycles. The van der Waals surface area contributed by atoms with Crippen LogP contribution in [0.15, 0.2) is 48.5 Å². The molecule has 3 aromatic carbocycles. The van der Waals surface area contributed by atoms with E-state index < -0.39 is 35.4 Å². The topological polar surface area (TPSA) is 129 Å². The molecule has 1 fully saturated rings. The Morgan fingerprint density at radius 1 is 0.978 bits per heavy atom. The first-order valence-corrected chi connectivity index (χ1v) is 15.0. The van der Waals surface area contributed by atoms with Gasteiger partial charge in [0.05, 0.1) is 27.6 Å². The fraction of sp³-hybridized carbons (Fsp3) is 0.364. The Hall–Kier alpha value is -4.35. The molecule has 0 aliphatic carbocycles. The quantitative estimate of drug-likeness (QED) is 0.238. The average molecular weight is 639 g/mol. The number of halogens is 2. The first-order valence-electron chi connectivity index (χ1n) is 14.7. The number of hydrogen-bond acceptors (Lipinski definition) is 7. The van der Waals surface area contributed by atoms with Crippen molar-refractivity contribution in [3.8, 4) is 11.1 Å². The van der Waals surface area contributed by atoms with Gasteiger partial charge in [-0.1, -0.05) is 29.8 Å². The maximum Gasteiger partial charge on any atom is 0.408 e. The summed E-state index contributed by atoms with van der Waals surface area (Å²) in [6.07, 6.45) is -0.677. The Bertz CT molecular complexity index is 1580. The number of anilines is 4. The summed E-state index contributed by atoms with van der Waals surface area (Å²) in [5.74, 6) is -1.55. The van der Waals surface area contributed by atoms with Crippen LogP contribution in [0.2, 0.25) is 5.02 Å². The van der Waals surface area contributed by atoms with Gasteiger partial charge < -0.3 is 36.2 Å². The van der Waals surface area contributed by atoms with E-state index >= 15 is 0 Å². The summed E-state index contributed by atoms with van der Waals surface area (Å²) in [6, 6.07) is 13.4. The third-order valence-corrected chi connectivity index (χ3v) is 7.88. The summed E-state index contributed by atoms with van der Waals surface area (Å²) >= 11 is 6.35. The Morgan fingerprint density at radius 2 is 1.60 bits per heavy atom. The van der Waals surface area contributed by atoms with Gasteiger partial charge in [0.25, 0.3) is 5.91 Å². The van der Waals surface area contributed by atoms with Crippen molar-refractivity contribution in [1.82, 2.24) is 10.2 Å². The molecule has 10 nitrogen and oxygen atoms in total. The number of nitrogens with one attached hydrogen (secondary N) is 3. The van der Waals surface area contributed by atoms with E-state index in [1.165, 1.54) is 13.0 Å². The number of amides is 3. The smallest absolute Gasteiger partial charge is 0.408 e. The minimum absolute atomic E-state index is 0.00440. The number of piperazine rings is 1. The highest BCUT2D eigenvalue weighted by Crippen LogP contribution is 2.34. The standard InChI is InChI=1S/C33H40ClFN6O4/c1-19-28(34)24(18-25(36)29(19)35)31(43)39-26-17-22(9-12-27(26)41-15-13-40(6)14-16-41)21-7-10-23(11-8-21)38-30(42)20(2)37-32(44)45-33(3,4)5/h7-12,17-18,20H,13-16,36H2,1-6H3,(H,37,44)(H,38,42)(H,39,43). The highest BCUT2D eigenvalue weighted by molar-refractivity contribution is 6.35. The van der Waals surface area contributed by atoms with Crippen LogP contribution in [-0.2, 0) is 9.53 Å². The number of rotatable bonds is 7. The van der Waals surface area contributed by atoms with E-state index in [1.807, 2.05) is 30.3 Å². The fourth-order valence-electron chi connectivity index (χ4n) is 4.84. The third-order valence-electron chi connectivity index (χ3n) is 7.39. The lowest BCUT2D eigenvalue weighted by Crippen LogP contribution is -2.44. The summed E-state index contributed by atoms with van der Waals surface area (Å²) in [5, 5.41) is 8.30. The van der Waals surface area contributed by atoms with Crippen molar-refractivity contribution in [3.05, 3.63) is 70.5 Å². The number of hydrogen-bond donors (Lipinski definition) is 4. The predicted molar refractivity (Wildman–Crippen MR) is 178 cm³/mol. The number of benzene rings is 3. The van der Waals surface area contributed by atoms with Gasteiger partial charge in [-0.2, -0.15) is 0 Å². The van der Waals surface area contributed by atoms with Crippen molar-refractivity contribution in [2.24, 2.45) is 0 Å². The van der Waals surface area contributed by atoms with Crippen LogP contribution in [0.4, 0.5) is 31.9 Å². The van der Waals surface area contributed by atoms with Crippen molar-refractivity contribution in [3.63, 3.8) is 0 Å². The van der Waals surface area contributed by atoms with E-state index in [1.54, 1.807) is 39.8 Å². The minimum Gasteiger partial charge on any atom is -0.444 e. The average Bonchev–Trinajstić information content (AvgIpc) is 2.97. The lowest BCUT2D eigenvalue weighted by Gasteiger charge is -2.35. The molecule has 0 bridgehead atoms. The van der Waals surface area contributed by atoms with E-state index in [0.29, 0.717) is 11.4 Å². The minimum atomic E-state index is -0.818. The lowest BCUT2D eigenvalue weighted by molar-refractivity contribution is -0.117. The Labute approximate surface area is 268 Å². The van der Waals surface area contributed by atoms with Crippen LogP contribution in [-0.4, -0.2) is 67.7 Å². The zero-order valence-electron chi connectivity index (χ0n) is 26.4. The Balaban J connectivity index is 1.56. The second-order valence-electron chi connectivity index (χ2n) is 12.2. The highest BCUT2D eigenvalue weighted by atomic mass is 35.5. The van der Waals surface area contributed by atoms with Gasteiger partial charge in [-0.3, -0.25) is 9.59 Å². The van der Waals surface area contributed by atoms with Crippen LogP contribution >= 0.6 is 11.6 Å². The molecule has 0 aromatic heterocycles. The number of carbonyl (C=O) groups is 3.